The molecule has 46 heavy (non-hydrogen) atoms. The first-order valence-electron chi connectivity index (χ1n) is 17.2. The molecule has 3 amide bonds. The summed E-state index contributed by atoms with van der Waals surface area (Å²) in [7, 11) is 2.21. The number of benzene rings is 3. The van der Waals surface area contributed by atoms with Crippen LogP contribution in [0.5, 0.6) is 0 Å². The van der Waals surface area contributed by atoms with E-state index in [1.54, 1.807) is 12.1 Å². The van der Waals surface area contributed by atoms with Crippen LogP contribution < -0.4 is 5.73 Å². The number of unbranched alkanes of at least 4 members (excludes halogenated alkanes) is 7. The zero-order chi connectivity index (χ0) is 32.4. The first-order chi connectivity index (χ1) is 22.4. The van der Waals surface area contributed by atoms with Crippen molar-refractivity contribution in [1.29, 1.82) is 0 Å². The summed E-state index contributed by atoms with van der Waals surface area (Å²) < 4.78 is 0. The van der Waals surface area contributed by atoms with Crippen LogP contribution in [-0.4, -0.2) is 78.7 Å². The van der Waals surface area contributed by atoms with Gasteiger partial charge in [0.25, 0.3) is 11.8 Å². The van der Waals surface area contributed by atoms with E-state index in [2.05, 4.69) is 41.1 Å². The molecule has 1 unspecified atom stereocenters. The van der Waals surface area contributed by atoms with Gasteiger partial charge in [0.15, 0.2) is 0 Å². The Kier molecular flexibility index (Phi) is 11.8. The van der Waals surface area contributed by atoms with E-state index < -0.39 is 5.41 Å². The summed E-state index contributed by atoms with van der Waals surface area (Å²) in [6.45, 7) is 5.45. The van der Waals surface area contributed by atoms with Crippen LogP contribution in [0, 0.1) is 5.92 Å². The summed E-state index contributed by atoms with van der Waals surface area (Å²) in [5.41, 5.74) is 8.48. The summed E-state index contributed by atoms with van der Waals surface area (Å²) in [6, 6.07) is 27.3. The molecule has 0 aliphatic carbocycles. The van der Waals surface area contributed by atoms with Gasteiger partial charge in [-0.05, 0) is 68.6 Å². The Morgan fingerprint density at radius 2 is 1.22 bits per heavy atom. The van der Waals surface area contributed by atoms with Crippen LogP contribution in [0.25, 0.3) is 0 Å². The number of likely N-dealkylation sites (N-methyl/N-ethyl adjacent to an activating group) is 1. The summed E-state index contributed by atoms with van der Waals surface area (Å²) in [5, 5.41) is 0. The number of amides is 3. The minimum atomic E-state index is -0.832. The highest BCUT2D eigenvalue weighted by Gasteiger charge is 2.49. The van der Waals surface area contributed by atoms with Crippen molar-refractivity contribution in [3.05, 3.63) is 107 Å². The van der Waals surface area contributed by atoms with E-state index in [1.807, 2.05) is 48.5 Å². The number of hydrogen-bond acceptors (Lipinski definition) is 5. The second kappa shape index (κ2) is 16.1. The number of nitrogens with two attached hydrogens (primary N) is 1. The van der Waals surface area contributed by atoms with Gasteiger partial charge in [-0.2, -0.15) is 0 Å². The predicted molar refractivity (Wildman–Crippen MR) is 184 cm³/mol. The Bertz CT molecular complexity index is 1370. The largest absolute Gasteiger partial charge is 0.369 e. The number of carbonyl (C=O) groups is 3. The van der Waals surface area contributed by atoms with Gasteiger partial charge in [-0.3, -0.25) is 19.3 Å². The zero-order valence-corrected chi connectivity index (χ0v) is 27.4. The van der Waals surface area contributed by atoms with Crippen LogP contribution in [0.15, 0.2) is 84.9 Å². The third-order valence-electron chi connectivity index (χ3n) is 10.1. The lowest BCUT2D eigenvalue weighted by atomic mass is 9.64. The molecule has 2 aliphatic rings. The van der Waals surface area contributed by atoms with Crippen molar-refractivity contribution in [2.75, 3.05) is 46.3 Å². The van der Waals surface area contributed by atoms with E-state index >= 15 is 0 Å². The average molecular weight is 623 g/mol. The highest BCUT2D eigenvalue weighted by atomic mass is 16.2. The van der Waals surface area contributed by atoms with Crippen LogP contribution in [0.1, 0.15) is 89.6 Å². The fourth-order valence-electron chi connectivity index (χ4n) is 7.49. The fourth-order valence-corrected chi connectivity index (χ4v) is 7.49. The number of primary amides is 1. The second-order valence-corrected chi connectivity index (χ2v) is 13.1. The van der Waals surface area contributed by atoms with Crippen molar-refractivity contribution in [2.45, 2.75) is 63.2 Å². The van der Waals surface area contributed by atoms with E-state index in [0.29, 0.717) is 17.7 Å². The van der Waals surface area contributed by atoms with E-state index in [1.165, 1.54) is 37.0 Å². The lowest BCUT2D eigenvalue weighted by molar-refractivity contribution is -0.123. The van der Waals surface area contributed by atoms with Gasteiger partial charge in [0, 0.05) is 26.2 Å². The molecular weight excluding hydrogens is 572 g/mol. The molecule has 0 bridgehead atoms. The number of fused-ring (bicyclic) bond motifs is 1. The summed E-state index contributed by atoms with van der Waals surface area (Å²) in [6.07, 6.45) is 10.1. The highest BCUT2D eigenvalue weighted by Crippen LogP contribution is 2.43. The minimum Gasteiger partial charge on any atom is -0.369 e. The number of likely N-dealkylation sites (tertiary alicyclic amines) is 1. The van der Waals surface area contributed by atoms with Crippen molar-refractivity contribution in [1.82, 2.24) is 14.7 Å². The lowest BCUT2D eigenvalue weighted by Crippen LogP contribution is -2.49. The summed E-state index contributed by atoms with van der Waals surface area (Å²) >= 11 is 0. The number of hydrogen-bond donors (Lipinski definition) is 1. The third-order valence-corrected chi connectivity index (χ3v) is 10.1. The van der Waals surface area contributed by atoms with E-state index in [9.17, 15) is 14.4 Å². The van der Waals surface area contributed by atoms with Gasteiger partial charge >= 0.3 is 0 Å². The molecule has 0 aromatic heterocycles. The van der Waals surface area contributed by atoms with Crippen molar-refractivity contribution in [3.63, 3.8) is 0 Å². The fraction of sp³-hybridized carbons (Fsp3) is 0.462. The Labute approximate surface area is 274 Å². The quantitative estimate of drug-likeness (QED) is 0.136. The van der Waals surface area contributed by atoms with Crippen molar-refractivity contribution in [2.24, 2.45) is 11.7 Å². The molecule has 2 aliphatic heterocycles. The number of rotatable bonds is 18. The molecule has 0 radical (unpaired) electrons. The van der Waals surface area contributed by atoms with Gasteiger partial charge in [-0.25, -0.2) is 0 Å². The molecule has 7 nitrogen and oxygen atoms in total. The third kappa shape index (κ3) is 7.59. The molecule has 1 fully saturated rings. The Balaban J connectivity index is 0.956. The van der Waals surface area contributed by atoms with Crippen LogP contribution in [0.2, 0.25) is 0 Å². The van der Waals surface area contributed by atoms with Gasteiger partial charge < -0.3 is 15.5 Å². The minimum absolute atomic E-state index is 0.127. The standard InChI is InChI=1S/C39H50N4O3/c1-41(25-16-6-4-2-3-5-7-17-26-43-36(44)34-22-14-15-23-35(34)37(43)45)28-29-42-27-24-33(30-42)39(38(40)46,31-18-10-8-11-19-31)32-20-12-9-13-21-32/h8-15,18-23,33H,2-7,16-17,24-30H2,1H3,(H2,40,46). The first kappa shape index (κ1) is 33.6. The first-order valence-corrected chi connectivity index (χ1v) is 17.2. The van der Waals surface area contributed by atoms with E-state index in [-0.39, 0.29) is 23.6 Å². The molecule has 2 N–H and O–H groups in total. The number of carbonyl (C=O) groups excluding carboxylic acids is 3. The Morgan fingerprint density at radius 3 is 1.76 bits per heavy atom. The van der Waals surface area contributed by atoms with Crippen LogP contribution in [-0.2, 0) is 10.2 Å². The predicted octanol–water partition coefficient (Wildman–Crippen LogP) is 6.13. The van der Waals surface area contributed by atoms with Crippen molar-refractivity contribution < 1.29 is 14.4 Å². The normalized spacial score (nSPS) is 16.8. The van der Waals surface area contributed by atoms with Crippen LogP contribution >= 0.6 is 0 Å². The molecular formula is C39H50N4O3. The van der Waals surface area contributed by atoms with Crippen LogP contribution in [0.3, 0.4) is 0 Å². The molecule has 244 valence electrons. The number of imide groups is 1. The van der Waals surface area contributed by atoms with E-state index in [0.717, 1.165) is 69.5 Å². The van der Waals surface area contributed by atoms with Gasteiger partial charge in [0.1, 0.15) is 5.41 Å². The van der Waals surface area contributed by atoms with Gasteiger partial charge in [0.05, 0.1) is 11.1 Å². The Morgan fingerprint density at radius 1 is 0.717 bits per heavy atom. The maximum atomic E-state index is 13.3. The van der Waals surface area contributed by atoms with Crippen LogP contribution in [0.4, 0.5) is 0 Å². The zero-order valence-electron chi connectivity index (χ0n) is 27.4. The van der Waals surface area contributed by atoms with E-state index in [4.69, 9.17) is 5.73 Å². The topological polar surface area (TPSA) is 87.0 Å². The lowest BCUT2D eigenvalue weighted by Gasteiger charge is -2.37. The molecule has 3 aromatic carbocycles. The molecule has 2 heterocycles. The second-order valence-electron chi connectivity index (χ2n) is 13.1. The summed E-state index contributed by atoms with van der Waals surface area (Å²) in [5.74, 6) is -0.435. The maximum absolute atomic E-state index is 13.3. The molecule has 5 rings (SSSR count). The highest BCUT2D eigenvalue weighted by molar-refractivity contribution is 6.21. The molecule has 1 saturated heterocycles. The molecule has 0 saturated carbocycles. The molecule has 1 atom stereocenters. The van der Waals surface area contributed by atoms with Crippen molar-refractivity contribution in [3.8, 4) is 0 Å². The number of nitrogens with zero attached hydrogens (tertiary/aromatic N) is 3. The molecule has 7 heteroatoms. The maximum Gasteiger partial charge on any atom is 0.261 e. The molecule has 3 aromatic rings. The SMILES string of the molecule is CN(CCCCCCCCCCN1C(=O)c2ccccc2C1=O)CCN1CCC(C(C(N)=O)(c2ccccc2)c2ccccc2)C1. The molecule has 0 spiro atoms. The average Bonchev–Trinajstić information content (AvgIpc) is 3.65. The Hall–Kier alpha value is -3.81. The van der Waals surface area contributed by atoms with Gasteiger partial charge in [-0.15, -0.1) is 0 Å². The smallest absolute Gasteiger partial charge is 0.261 e. The van der Waals surface area contributed by atoms with Gasteiger partial charge in [0.2, 0.25) is 5.91 Å². The summed E-state index contributed by atoms with van der Waals surface area (Å²) in [4.78, 5) is 44.6. The van der Waals surface area contributed by atoms with Crippen molar-refractivity contribution >= 4 is 17.7 Å². The monoisotopic (exact) mass is 622 g/mol. The van der Waals surface area contributed by atoms with Gasteiger partial charge in [-0.1, -0.05) is 111 Å².